The maximum atomic E-state index is 13.4. The Kier molecular flexibility index (Phi) is 6.15. The molecule has 0 bridgehead atoms. The lowest BCUT2D eigenvalue weighted by molar-refractivity contribution is 0.0950. The average molecular weight is 303 g/mol. The van der Waals surface area contributed by atoms with Gasteiger partial charge in [-0.05, 0) is 31.2 Å². The Hall–Kier alpha value is -0.940. The molecule has 0 saturated heterocycles. The van der Waals surface area contributed by atoms with E-state index in [-0.39, 0.29) is 11.5 Å². The summed E-state index contributed by atoms with van der Waals surface area (Å²) in [4.78, 5) is 11.7. The number of hydrogen-bond donors (Lipinski definition) is 2. The van der Waals surface area contributed by atoms with E-state index in [1.807, 2.05) is 0 Å². The number of rotatable bonds is 6. The van der Waals surface area contributed by atoms with Gasteiger partial charge < -0.3 is 10.6 Å². The molecular formula is C12H16BrFN2O. The number of nitrogens with one attached hydrogen (secondary N) is 2. The minimum Gasteiger partial charge on any atom is -0.351 e. The van der Waals surface area contributed by atoms with Crippen LogP contribution in [0.15, 0.2) is 22.7 Å². The molecule has 94 valence electrons. The Balaban J connectivity index is 2.44. The molecule has 1 aromatic rings. The summed E-state index contributed by atoms with van der Waals surface area (Å²) >= 11 is 3.21. The third-order valence-corrected chi connectivity index (χ3v) is 2.68. The van der Waals surface area contributed by atoms with Gasteiger partial charge in [0, 0.05) is 17.6 Å². The van der Waals surface area contributed by atoms with Crippen molar-refractivity contribution < 1.29 is 9.18 Å². The molecule has 0 aromatic heterocycles. The molecule has 17 heavy (non-hydrogen) atoms. The average Bonchev–Trinajstić information content (AvgIpc) is 2.32. The molecule has 0 unspecified atom stereocenters. The first-order valence-electron chi connectivity index (χ1n) is 5.59. The smallest absolute Gasteiger partial charge is 0.254 e. The Morgan fingerprint density at radius 3 is 2.82 bits per heavy atom. The summed E-state index contributed by atoms with van der Waals surface area (Å²) in [5.74, 6) is -0.894. The van der Waals surface area contributed by atoms with E-state index in [2.05, 4.69) is 33.5 Å². The minimum absolute atomic E-state index is 0.0647. The number of carbonyl (C=O) groups is 1. The zero-order valence-electron chi connectivity index (χ0n) is 9.72. The monoisotopic (exact) mass is 302 g/mol. The van der Waals surface area contributed by atoms with E-state index < -0.39 is 5.82 Å². The van der Waals surface area contributed by atoms with Crippen molar-refractivity contribution in [1.82, 2.24) is 10.6 Å². The van der Waals surface area contributed by atoms with Crippen molar-refractivity contribution in [3.05, 3.63) is 34.1 Å². The summed E-state index contributed by atoms with van der Waals surface area (Å²) in [7, 11) is 0. The van der Waals surface area contributed by atoms with E-state index in [0.717, 1.165) is 13.0 Å². The highest BCUT2D eigenvalue weighted by atomic mass is 79.9. The van der Waals surface area contributed by atoms with Crippen molar-refractivity contribution in [2.45, 2.75) is 13.3 Å². The zero-order chi connectivity index (χ0) is 12.7. The summed E-state index contributed by atoms with van der Waals surface area (Å²) in [6, 6.07) is 4.31. The Morgan fingerprint density at radius 1 is 1.35 bits per heavy atom. The third-order valence-electron chi connectivity index (χ3n) is 2.19. The number of amides is 1. The first-order valence-corrected chi connectivity index (χ1v) is 6.38. The maximum Gasteiger partial charge on any atom is 0.254 e. The number of benzene rings is 1. The van der Waals surface area contributed by atoms with Crippen molar-refractivity contribution in [3.8, 4) is 0 Å². The molecule has 5 heteroatoms. The van der Waals surface area contributed by atoms with E-state index in [4.69, 9.17) is 0 Å². The fraction of sp³-hybridized carbons (Fsp3) is 0.417. The molecule has 0 atom stereocenters. The number of halogens is 2. The SMILES string of the molecule is CCCNCCNC(=O)c1cc(Br)ccc1F. The Labute approximate surface area is 109 Å². The fourth-order valence-corrected chi connectivity index (χ4v) is 1.69. The molecule has 2 N–H and O–H groups in total. The quantitative estimate of drug-likeness (QED) is 0.792. The molecule has 3 nitrogen and oxygen atoms in total. The Morgan fingerprint density at radius 2 is 2.12 bits per heavy atom. The van der Waals surface area contributed by atoms with Gasteiger partial charge in [-0.15, -0.1) is 0 Å². The zero-order valence-corrected chi connectivity index (χ0v) is 11.3. The molecule has 0 aliphatic carbocycles. The van der Waals surface area contributed by atoms with Crippen LogP contribution in [0, 0.1) is 5.82 Å². The van der Waals surface area contributed by atoms with Crippen LogP contribution in [0.3, 0.4) is 0 Å². The topological polar surface area (TPSA) is 41.1 Å². The first kappa shape index (κ1) is 14.1. The van der Waals surface area contributed by atoms with Gasteiger partial charge in [0.1, 0.15) is 5.82 Å². The summed E-state index contributed by atoms with van der Waals surface area (Å²) in [5, 5.41) is 5.81. The second-order valence-electron chi connectivity index (χ2n) is 3.63. The molecule has 0 saturated carbocycles. The van der Waals surface area contributed by atoms with Crippen molar-refractivity contribution in [2.24, 2.45) is 0 Å². The van der Waals surface area contributed by atoms with Gasteiger partial charge in [-0.3, -0.25) is 4.79 Å². The highest BCUT2D eigenvalue weighted by Gasteiger charge is 2.11. The number of carbonyl (C=O) groups excluding carboxylic acids is 1. The molecule has 1 aromatic carbocycles. The second-order valence-corrected chi connectivity index (χ2v) is 4.55. The lowest BCUT2D eigenvalue weighted by Crippen LogP contribution is -2.32. The van der Waals surface area contributed by atoms with Crippen LogP contribution in [-0.4, -0.2) is 25.5 Å². The van der Waals surface area contributed by atoms with E-state index >= 15 is 0 Å². The third kappa shape index (κ3) is 4.83. The van der Waals surface area contributed by atoms with Crippen LogP contribution in [0.25, 0.3) is 0 Å². The molecule has 0 spiro atoms. The second kappa shape index (κ2) is 7.40. The molecule has 0 aliphatic rings. The van der Waals surface area contributed by atoms with Crippen molar-refractivity contribution in [2.75, 3.05) is 19.6 Å². The summed E-state index contributed by atoms with van der Waals surface area (Å²) in [6.07, 6.45) is 1.05. The first-order chi connectivity index (χ1) is 8.15. The van der Waals surface area contributed by atoms with Crippen LogP contribution >= 0.6 is 15.9 Å². The van der Waals surface area contributed by atoms with Crippen LogP contribution in [0.2, 0.25) is 0 Å². The maximum absolute atomic E-state index is 13.4. The van der Waals surface area contributed by atoms with Gasteiger partial charge in [-0.25, -0.2) is 4.39 Å². The van der Waals surface area contributed by atoms with E-state index in [1.165, 1.54) is 12.1 Å². The highest BCUT2D eigenvalue weighted by molar-refractivity contribution is 9.10. The molecule has 0 radical (unpaired) electrons. The van der Waals surface area contributed by atoms with Crippen molar-refractivity contribution in [1.29, 1.82) is 0 Å². The fourth-order valence-electron chi connectivity index (χ4n) is 1.33. The van der Waals surface area contributed by atoms with Gasteiger partial charge in [0.25, 0.3) is 5.91 Å². The van der Waals surface area contributed by atoms with Crippen LogP contribution in [0.4, 0.5) is 4.39 Å². The van der Waals surface area contributed by atoms with Crippen LogP contribution in [0.5, 0.6) is 0 Å². The minimum atomic E-state index is -0.507. The van der Waals surface area contributed by atoms with Crippen molar-refractivity contribution >= 4 is 21.8 Å². The van der Waals surface area contributed by atoms with Gasteiger partial charge in [0.05, 0.1) is 5.56 Å². The van der Waals surface area contributed by atoms with E-state index in [1.54, 1.807) is 6.07 Å². The summed E-state index contributed by atoms with van der Waals surface area (Å²) < 4.78 is 14.0. The largest absolute Gasteiger partial charge is 0.351 e. The van der Waals surface area contributed by atoms with Crippen LogP contribution < -0.4 is 10.6 Å². The van der Waals surface area contributed by atoms with Gasteiger partial charge in [0.15, 0.2) is 0 Å². The van der Waals surface area contributed by atoms with Crippen LogP contribution in [-0.2, 0) is 0 Å². The Bertz CT molecular complexity index is 385. The molecule has 0 aliphatic heterocycles. The van der Waals surface area contributed by atoms with E-state index in [9.17, 15) is 9.18 Å². The highest BCUT2D eigenvalue weighted by Crippen LogP contribution is 2.15. The lowest BCUT2D eigenvalue weighted by atomic mass is 10.2. The van der Waals surface area contributed by atoms with Gasteiger partial charge in [-0.2, -0.15) is 0 Å². The van der Waals surface area contributed by atoms with Gasteiger partial charge >= 0.3 is 0 Å². The molecule has 1 amide bonds. The molecule has 0 fully saturated rings. The predicted molar refractivity (Wildman–Crippen MR) is 69.6 cm³/mol. The molecule has 1 rings (SSSR count). The van der Waals surface area contributed by atoms with E-state index in [0.29, 0.717) is 17.6 Å². The molecule has 0 heterocycles. The lowest BCUT2D eigenvalue weighted by Gasteiger charge is -2.07. The van der Waals surface area contributed by atoms with Crippen molar-refractivity contribution in [3.63, 3.8) is 0 Å². The van der Waals surface area contributed by atoms with Gasteiger partial charge in [-0.1, -0.05) is 22.9 Å². The van der Waals surface area contributed by atoms with Crippen LogP contribution in [0.1, 0.15) is 23.7 Å². The normalized spacial score (nSPS) is 10.3. The molecular weight excluding hydrogens is 287 g/mol. The standard InChI is InChI=1S/C12H16BrFN2O/c1-2-5-15-6-7-16-12(17)10-8-9(13)3-4-11(10)14/h3-4,8,15H,2,5-7H2,1H3,(H,16,17). The van der Waals surface area contributed by atoms with Gasteiger partial charge in [0.2, 0.25) is 0 Å². The summed E-state index contributed by atoms with van der Waals surface area (Å²) in [5.41, 5.74) is 0.0647. The summed E-state index contributed by atoms with van der Waals surface area (Å²) in [6.45, 7) is 4.17. The predicted octanol–water partition coefficient (Wildman–Crippen LogP) is 2.32. The number of hydrogen-bond acceptors (Lipinski definition) is 2.